The lowest BCUT2D eigenvalue weighted by atomic mass is 9.97. The fraction of sp³-hybridized carbons (Fsp3) is 0. The minimum absolute atomic E-state index is 1.19. The first-order valence-corrected chi connectivity index (χ1v) is 21.5. The summed E-state index contributed by atoms with van der Waals surface area (Å²) in [6.45, 7) is 0. The number of rotatable bonds is 4. The van der Waals surface area contributed by atoms with Gasteiger partial charge in [-0.05, 0) is 110 Å². The smallest absolute Gasteiger partial charge is 0.0641 e. The van der Waals surface area contributed by atoms with E-state index in [2.05, 4.69) is 227 Å². The highest BCUT2D eigenvalue weighted by Gasteiger charge is 2.24. The molecule has 0 radical (unpaired) electrons. The highest BCUT2D eigenvalue weighted by Crippen LogP contribution is 2.47. The van der Waals surface area contributed by atoms with Crippen molar-refractivity contribution in [2.45, 2.75) is 0 Å². The molecule has 0 aliphatic heterocycles. The SMILES string of the molecule is c1ccc(-c2ccc3c(c2)c2cc(-c4ccccc4)cc4c5ccc(cc5)c5ccc(c6c7cc(-c8ccccc8)cc8c9cc(-c%10ccccc%10)ccc9n(c87)c56)n3c42)cc1. The van der Waals surface area contributed by atoms with E-state index in [0.29, 0.717) is 0 Å². The Bertz CT molecular complexity index is 4080. The van der Waals surface area contributed by atoms with Gasteiger partial charge < -0.3 is 8.80 Å². The van der Waals surface area contributed by atoms with Gasteiger partial charge in [-0.15, -0.1) is 0 Å². The number of fused-ring (bicyclic) bond motifs is 6. The molecule has 4 bridgehead atoms. The van der Waals surface area contributed by atoms with E-state index in [9.17, 15) is 0 Å². The summed E-state index contributed by atoms with van der Waals surface area (Å²) in [5.41, 5.74) is 17.1. The van der Waals surface area contributed by atoms with E-state index in [1.165, 1.54) is 131 Å². The molecule has 16 aromatic rings. The van der Waals surface area contributed by atoms with Crippen LogP contribution in [0.3, 0.4) is 0 Å². The molecule has 0 aliphatic rings. The van der Waals surface area contributed by atoms with Gasteiger partial charge in [-0.1, -0.05) is 164 Å². The topological polar surface area (TPSA) is 8.82 Å². The maximum absolute atomic E-state index is 2.59. The van der Waals surface area contributed by atoms with Crippen LogP contribution in [0.25, 0.3) is 131 Å². The fourth-order valence-electron chi connectivity index (χ4n) is 10.7. The fourth-order valence-corrected chi connectivity index (χ4v) is 10.7. The average Bonchev–Trinajstić information content (AvgIpc) is 3.98. The summed E-state index contributed by atoms with van der Waals surface area (Å²) in [5, 5.41) is 12.4. The third kappa shape index (κ3) is 4.69. The Kier molecular flexibility index (Phi) is 6.86. The molecule has 0 spiro atoms. The molecule has 0 amide bonds. The molecule has 2 nitrogen and oxygen atoms in total. The van der Waals surface area contributed by atoms with Gasteiger partial charge >= 0.3 is 0 Å². The minimum atomic E-state index is 1.19. The van der Waals surface area contributed by atoms with Gasteiger partial charge in [0.1, 0.15) is 0 Å². The van der Waals surface area contributed by atoms with Gasteiger partial charge in [0.25, 0.3) is 0 Å². The van der Waals surface area contributed by atoms with E-state index in [1.807, 2.05) is 0 Å². The Hall–Kier alpha value is -8.20. The number of benzene rings is 10. The summed E-state index contributed by atoms with van der Waals surface area (Å²) in [5.74, 6) is 0. The van der Waals surface area contributed by atoms with Crippen LogP contribution in [0.5, 0.6) is 0 Å². The van der Waals surface area contributed by atoms with Crippen molar-refractivity contribution in [2.75, 3.05) is 0 Å². The predicted molar refractivity (Wildman–Crippen MR) is 264 cm³/mol. The first-order valence-electron chi connectivity index (χ1n) is 21.5. The van der Waals surface area contributed by atoms with Crippen molar-refractivity contribution in [2.24, 2.45) is 0 Å². The molecule has 6 heterocycles. The van der Waals surface area contributed by atoms with Gasteiger partial charge in [-0.3, -0.25) is 0 Å². The Morgan fingerprint density at radius 2 is 0.597 bits per heavy atom. The van der Waals surface area contributed by atoms with Crippen LogP contribution in [0.15, 0.2) is 218 Å². The van der Waals surface area contributed by atoms with Crippen LogP contribution in [-0.2, 0) is 0 Å². The third-order valence-electron chi connectivity index (χ3n) is 13.5. The molecule has 0 fully saturated rings. The summed E-state index contributed by atoms with van der Waals surface area (Å²) in [7, 11) is 0. The summed E-state index contributed by atoms with van der Waals surface area (Å²) < 4.78 is 5.17. The molecule has 0 atom stereocenters. The molecule has 0 saturated heterocycles. The zero-order valence-corrected chi connectivity index (χ0v) is 33.7. The molecule has 62 heavy (non-hydrogen) atoms. The quantitative estimate of drug-likeness (QED) is 0.168. The molecular formula is C60H36N2. The molecular weight excluding hydrogens is 749 g/mol. The highest BCUT2D eigenvalue weighted by atomic mass is 14.9. The third-order valence-corrected chi connectivity index (χ3v) is 13.5. The summed E-state index contributed by atoms with van der Waals surface area (Å²) in [6.07, 6.45) is 0. The van der Waals surface area contributed by atoms with Gasteiger partial charge in [0.2, 0.25) is 0 Å². The zero-order valence-electron chi connectivity index (χ0n) is 33.7. The molecule has 286 valence electrons. The Morgan fingerprint density at radius 1 is 0.210 bits per heavy atom. The lowest BCUT2D eigenvalue weighted by Gasteiger charge is -2.09. The van der Waals surface area contributed by atoms with E-state index >= 15 is 0 Å². The van der Waals surface area contributed by atoms with Crippen LogP contribution in [0.1, 0.15) is 0 Å². The molecule has 10 aromatic carbocycles. The van der Waals surface area contributed by atoms with Crippen LogP contribution in [0.4, 0.5) is 0 Å². The molecule has 0 N–H and O–H groups in total. The molecule has 16 rings (SSSR count). The van der Waals surface area contributed by atoms with E-state index in [1.54, 1.807) is 0 Å². The monoisotopic (exact) mass is 784 g/mol. The van der Waals surface area contributed by atoms with Gasteiger partial charge in [0.15, 0.2) is 0 Å². The first-order chi connectivity index (χ1) is 30.7. The standard InChI is InChI=1S/C60H36N2/c1-5-13-37(14-6-1)43-25-28-54-49(31-43)51-34-45(39-17-9-3-10-18-39)33-48-42-23-21-41(22-24-42)47-27-30-56(61(54)58(48)51)57-53-36-46(40-19-11-4-12-20-40)35-52-50-32-44(38-15-7-2-8-16-38)26-29-55(50)62(59(52)53)60(47)57/h1-36H. The maximum atomic E-state index is 2.59. The van der Waals surface area contributed by atoms with Crippen molar-refractivity contribution in [3.63, 3.8) is 0 Å². The van der Waals surface area contributed by atoms with Crippen LogP contribution in [0.2, 0.25) is 0 Å². The lowest BCUT2D eigenvalue weighted by Crippen LogP contribution is -1.89. The Labute approximate surface area is 357 Å². The number of hydrogen-bond acceptors (Lipinski definition) is 0. The van der Waals surface area contributed by atoms with E-state index in [4.69, 9.17) is 0 Å². The van der Waals surface area contributed by atoms with E-state index < -0.39 is 0 Å². The molecule has 0 saturated carbocycles. The van der Waals surface area contributed by atoms with Crippen LogP contribution >= 0.6 is 0 Å². The van der Waals surface area contributed by atoms with Crippen LogP contribution in [-0.4, -0.2) is 8.80 Å². The number of hydrogen-bond donors (Lipinski definition) is 0. The summed E-state index contributed by atoms with van der Waals surface area (Å²) in [6, 6.07) is 81.3. The molecule has 0 unspecified atom stereocenters. The minimum Gasteiger partial charge on any atom is -0.308 e. The van der Waals surface area contributed by atoms with Gasteiger partial charge in [0, 0.05) is 43.1 Å². The van der Waals surface area contributed by atoms with Crippen molar-refractivity contribution in [1.29, 1.82) is 0 Å². The average molecular weight is 785 g/mol. The van der Waals surface area contributed by atoms with Gasteiger partial charge in [-0.2, -0.15) is 0 Å². The van der Waals surface area contributed by atoms with Crippen molar-refractivity contribution in [1.82, 2.24) is 8.80 Å². The predicted octanol–water partition coefficient (Wildman–Crippen LogP) is 16.4. The maximum Gasteiger partial charge on any atom is 0.0641 e. The second-order valence-electron chi connectivity index (χ2n) is 16.9. The van der Waals surface area contributed by atoms with Gasteiger partial charge in [0.05, 0.1) is 33.1 Å². The molecule has 0 aliphatic carbocycles. The van der Waals surface area contributed by atoms with Crippen LogP contribution < -0.4 is 0 Å². The van der Waals surface area contributed by atoms with Crippen molar-refractivity contribution in [3.05, 3.63) is 218 Å². The van der Waals surface area contributed by atoms with Crippen molar-refractivity contribution >= 4 is 87.0 Å². The van der Waals surface area contributed by atoms with E-state index in [-0.39, 0.29) is 0 Å². The van der Waals surface area contributed by atoms with E-state index in [0.717, 1.165) is 0 Å². The highest BCUT2D eigenvalue weighted by molar-refractivity contribution is 6.32. The second kappa shape index (κ2) is 12.7. The number of aromatic nitrogens is 2. The largest absolute Gasteiger partial charge is 0.308 e. The van der Waals surface area contributed by atoms with Crippen molar-refractivity contribution < 1.29 is 0 Å². The lowest BCUT2D eigenvalue weighted by molar-refractivity contribution is 1.35. The normalized spacial score (nSPS) is 12.2. The zero-order chi connectivity index (χ0) is 40.5. The summed E-state index contributed by atoms with van der Waals surface area (Å²) in [4.78, 5) is 0. The Morgan fingerprint density at radius 3 is 1.11 bits per heavy atom. The second-order valence-corrected chi connectivity index (χ2v) is 16.9. The molecule has 2 heteroatoms. The van der Waals surface area contributed by atoms with Crippen molar-refractivity contribution in [3.8, 4) is 44.5 Å². The summed E-state index contributed by atoms with van der Waals surface area (Å²) >= 11 is 0. The van der Waals surface area contributed by atoms with Crippen LogP contribution in [0, 0.1) is 0 Å². The van der Waals surface area contributed by atoms with Gasteiger partial charge in [-0.25, -0.2) is 0 Å². The first kappa shape index (κ1) is 33.6. The molecule has 6 aromatic heterocycles. The Balaban J connectivity index is 1.24. The number of nitrogens with zero attached hydrogens (tertiary/aromatic N) is 2.